The van der Waals surface area contributed by atoms with Crippen LogP contribution in [0.4, 0.5) is 0 Å². The lowest BCUT2D eigenvalue weighted by Crippen LogP contribution is -2.64. The predicted octanol–water partition coefficient (Wildman–Crippen LogP) is -1.84. The van der Waals surface area contributed by atoms with E-state index in [1.165, 1.54) is 0 Å². The van der Waals surface area contributed by atoms with Crippen LogP contribution in [0.1, 0.15) is 6.92 Å². The number of thioether (sulfide) groups is 1. The fourth-order valence-corrected chi connectivity index (χ4v) is 2.80. The van der Waals surface area contributed by atoms with Crippen molar-refractivity contribution in [3.8, 4) is 0 Å². The summed E-state index contributed by atoms with van der Waals surface area (Å²) in [5.41, 5.74) is 0. The van der Waals surface area contributed by atoms with E-state index < -0.39 is 36.1 Å². The minimum atomic E-state index is -2.28. The monoisotopic (exact) mass is 300 g/mol. The Bertz CT molecular complexity index is 301. The molecule has 18 heavy (non-hydrogen) atoms. The third-order valence-corrected chi connectivity index (χ3v) is 3.70. The van der Waals surface area contributed by atoms with Crippen LogP contribution in [0.5, 0.6) is 0 Å². The Morgan fingerprint density at radius 1 is 1.39 bits per heavy atom. The lowest BCUT2D eigenvalue weighted by molar-refractivity contribution is -0.305. The quantitative estimate of drug-likeness (QED) is 0.302. The SMILES string of the molecule is CCOC(=S)S[C@@]1(O)O[C@H](CO)[C@@H](O)[C@H](O)[C@@H]1O. The molecule has 5 atom stereocenters. The molecule has 1 fully saturated rings. The maximum atomic E-state index is 10.1. The summed E-state index contributed by atoms with van der Waals surface area (Å²) in [6, 6.07) is 0. The van der Waals surface area contributed by atoms with Crippen molar-refractivity contribution in [2.45, 2.75) is 36.5 Å². The van der Waals surface area contributed by atoms with Gasteiger partial charge in [0.05, 0.1) is 13.2 Å². The molecule has 106 valence electrons. The summed E-state index contributed by atoms with van der Waals surface area (Å²) < 4.78 is 9.82. The third kappa shape index (κ3) is 3.31. The summed E-state index contributed by atoms with van der Waals surface area (Å²) in [5.74, 6) is 0. The molecule has 1 aliphatic rings. The van der Waals surface area contributed by atoms with Gasteiger partial charge in [0.2, 0.25) is 4.38 Å². The second kappa shape index (κ2) is 6.44. The molecule has 0 aliphatic carbocycles. The second-order valence-corrected chi connectivity index (χ2v) is 5.47. The highest BCUT2D eigenvalue weighted by molar-refractivity contribution is 8.23. The molecule has 0 bridgehead atoms. The van der Waals surface area contributed by atoms with E-state index in [0.717, 1.165) is 0 Å². The van der Waals surface area contributed by atoms with Gasteiger partial charge in [0, 0.05) is 0 Å². The largest absolute Gasteiger partial charge is 0.479 e. The first-order valence-corrected chi connectivity index (χ1v) is 6.49. The van der Waals surface area contributed by atoms with Gasteiger partial charge in [0.15, 0.2) is 0 Å². The van der Waals surface area contributed by atoms with Gasteiger partial charge in [-0.15, -0.1) is 0 Å². The first-order valence-electron chi connectivity index (χ1n) is 5.26. The van der Waals surface area contributed by atoms with Gasteiger partial charge in [0.25, 0.3) is 5.12 Å². The van der Waals surface area contributed by atoms with E-state index in [2.05, 4.69) is 0 Å². The minimum Gasteiger partial charge on any atom is -0.479 e. The Labute approximate surface area is 113 Å². The molecule has 0 unspecified atom stereocenters. The molecule has 1 rings (SSSR count). The highest BCUT2D eigenvalue weighted by Gasteiger charge is 2.54. The summed E-state index contributed by atoms with van der Waals surface area (Å²) in [6.45, 7) is 1.33. The van der Waals surface area contributed by atoms with Gasteiger partial charge in [-0.1, -0.05) is 0 Å². The summed E-state index contributed by atoms with van der Waals surface area (Å²) in [4.78, 5) is 0. The average molecular weight is 300 g/mol. The molecule has 0 aromatic heterocycles. The average Bonchev–Trinajstić information content (AvgIpc) is 2.32. The van der Waals surface area contributed by atoms with Gasteiger partial charge in [-0.3, -0.25) is 0 Å². The van der Waals surface area contributed by atoms with Gasteiger partial charge in [-0.25, -0.2) is 0 Å². The van der Waals surface area contributed by atoms with E-state index in [-0.39, 0.29) is 11.0 Å². The molecule has 1 heterocycles. The second-order valence-electron chi connectivity index (χ2n) is 3.68. The van der Waals surface area contributed by atoms with E-state index in [1.54, 1.807) is 6.92 Å². The van der Waals surface area contributed by atoms with E-state index in [1.807, 2.05) is 0 Å². The smallest absolute Gasteiger partial charge is 0.254 e. The van der Waals surface area contributed by atoms with Crippen molar-refractivity contribution in [2.24, 2.45) is 0 Å². The van der Waals surface area contributed by atoms with Crippen molar-refractivity contribution in [1.82, 2.24) is 0 Å². The lowest BCUT2D eigenvalue weighted by Gasteiger charge is -2.44. The number of hydrogen-bond donors (Lipinski definition) is 5. The van der Waals surface area contributed by atoms with Crippen LogP contribution in [0, 0.1) is 0 Å². The van der Waals surface area contributed by atoms with Crippen molar-refractivity contribution in [3.63, 3.8) is 0 Å². The molecular formula is C9H16O7S2. The Morgan fingerprint density at radius 3 is 2.50 bits per heavy atom. The molecule has 0 saturated carbocycles. The number of thiocarbonyl (C=S) groups is 1. The zero-order chi connectivity index (χ0) is 13.9. The molecule has 1 aliphatic heterocycles. The molecule has 0 aromatic carbocycles. The highest BCUT2D eigenvalue weighted by atomic mass is 32.2. The molecule has 0 radical (unpaired) electrons. The third-order valence-electron chi connectivity index (χ3n) is 2.42. The first-order chi connectivity index (χ1) is 8.35. The van der Waals surface area contributed by atoms with Gasteiger partial charge in [-0.2, -0.15) is 0 Å². The Hall–Kier alpha value is -0.0000000000000000694. The number of aliphatic hydroxyl groups excluding tert-OH is 4. The van der Waals surface area contributed by atoms with Gasteiger partial charge in [-0.05, 0) is 30.9 Å². The predicted molar refractivity (Wildman–Crippen MR) is 66.7 cm³/mol. The van der Waals surface area contributed by atoms with Crippen molar-refractivity contribution >= 4 is 28.4 Å². The van der Waals surface area contributed by atoms with Crippen LogP contribution in [0.25, 0.3) is 0 Å². The van der Waals surface area contributed by atoms with E-state index >= 15 is 0 Å². The lowest BCUT2D eigenvalue weighted by atomic mass is 9.99. The summed E-state index contributed by atoms with van der Waals surface area (Å²) in [7, 11) is 0. The standard InChI is InChI=1S/C9H16O7S2/c1-2-15-8(17)18-9(14)7(13)6(12)5(11)4(3-10)16-9/h4-7,10-14H,2-3H2,1H3/t4-,5-,6+,7+,9+/m1/s1. The summed E-state index contributed by atoms with van der Waals surface area (Å²) in [5, 5.41) is 45.5. The molecular weight excluding hydrogens is 284 g/mol. The van der Waals surface area contributed by atoms with Gasteiger partial charge >= 0.3 is 0 Å². The Morgan fingerprint density at radius 2 is 2.00 bits per heavy atom. The maximum Gasteiger partial charge on any atom is 0.254 e. The minimum absolute atomic E-state index is 0.0840. The van der Waals surface area contributed by atoms with E-state index in [9.17, 15) is 20.4 Å². The zero-order valence-corrected chi connectivity index (χ0v) is 11.2. The van der Waals surface area contributed by atoms with Crippen molar-refractivity contribution in [3.05, 3.63) is 0 Å². The van der Waals surface area contributed by atoms with Crippen molar-refractivity contribution in [1.29, 1.82) is 0 Å². The zero-order valence-electron chi connectivity index (χ0n) is 9.59. The van der Waals surface area contributed by atoms with Crippen molar-refractivity contribution in [2.75, 3.05) is 13.2 Å². The molecule has 7 nitrogen and oxygen atoms in total. The van der Waals surface area contributed by atoms with Crippen LogP contribution in [0.3, 0.4) is 0 Å². The van der Waals surface area contributed by atoms with Crippen LogP contribution in [-0.4, -0.2) is 72.7 Å². The number of hydrogen-bond acceptors (Lipinski definition) is 9. The highest BCUT2D eigenvalue weighted by Crippen LogP contribution is 2.37. The van der Waals surface area contributed by atoms with Gasteiger partial charge < -0.3 is 35.0 Å². The van der Waals surface area contributed by atoms with Crippen LogP contribution >= 0.6 is 24.0 Å². The molecule has 0 spiro atoms. The number of rotatable bonds is 3. The fraction of sp³-hybridized carbons (Fsp3) is 0.889. The molecule has 0 aromatic rings. The summed E-state index contributed by atoms with van der Waals surface area (Å²) >= 11 is 5.28. The molecule has 1 saturated heterocycles. The Kier molecular flexibility index (Phi) is 5.74. The Balaban J connectivity index is 2.81. The fourth-order valence-electron chi connectivity index (χ4n) is 1.48. The molecule has 9 heteroatoms. The summed E-state index contributed by atoms with van der Waals surface area (Å²) in [6.07, 6.45) is -6.20. The van der Waals surface area contributed by atoms with Crippen LogP contribution in [0.2, 0.25) is 0 Å². The number of ether oxygens (including phenoxy) is 2. The van der Waals surface area contributed by atoms with E-state index in [0.29, 0.717) is 11.8 Å². The van der Waals surface area contributed by atoms with Crippen LogP contribution in [0.15, 0.2) is 0 Å². The number of aliphatic hydroxyl groups is 5. The van der Waals surface area contributed by atoms with Gasteiger partial charge in [0.1, 0.15) is 24.4 Å². The first kappa shape index (κ1) is 16.1. The van der Waals surface area contributed by atoms with Crippen LogP contribution < -0.4 is 0 Å². The van der Waals surface area contributed by atoms with Crippen LogP contribution in [-0.2, 0) is 9.47 Å². The maximum absolute atomic E-state index is 10.1. The van der Waals surface area contributed by atoms with Crippen molar-refractivity contribution < 1.29 is 35.0 Å². The molecule has 5 N–H and O–H groups in total. The topological polar surface area (TPSA) is 120 Å². The normalized spacial score (nSPS) is 40.6. The van der Waals surface area contributed by atoms with E-state index in [4.69, 9.17) is 26.8 Å². The molecule has 0 amide bonds.